The molecule has 0 aromatic heterocycles. The average molecular weight is 433 g/mol. The number of carbonyl (C=O) groups excluding carboxylic acids is 2. The molecule has 2 aliphatic rings. The van der Waals surface area contributed by atoms with Crippen LogP contribution in [0.1, 0.15) is 41.5 Å². The van der Waals surface area contributed by atoms with Crippen molar-refractivity contribution in [1.82, 2.24) is 4.90 Å². The fourth-order valence-electron chi connectivity index (χ4n) is 4.27. The molecule has 32 heavy (non-hydrogen) atoms. The smallest absolute Gasteiger partial charge is 0.410 e. The zero-order valence-corrected chi connectivity index (χ0v) is 18.3. The molecule has 2 aromatic carbocycles. The van der Waals surface area contributed by atoms with Crippen LogP contribution >= 0.6 is 0 Å². The fourth-order valence-corrected chi connectivity index (χ4v) is 4.27. The molecule has 0 spiro atoms. The van der Waals surface area contributed by atoms with Crippen molar-refractivity contribution >= 4 is 23.7 Å². The first-order chi connectivity index (χ1) is 15.6. The maximum absolute atomic E-state index is 12.7. The number of carbonyl (C=O) groups is 2. The third kappa shape index (κ3) is 5.25. The lowest BCUT2D eigenvalue weighted by atomic mass is 9.92. The lowest BCUT2D eigenvalue weighted by molar-refractivity contribution is -0.119. The van der Waals surface area contributed by atoms with Crippen LogP contribution in [0, 0.1) is 5.92 Å². The minimum absolute atomic E-state index is 0.0562. The number of ether oxygens (including phenoxy) is 1. The van der Waals surface area contributed by atoms with Gasteiger partial charge in [0.2, 0.25) is 0 Å². The second-order valence-corrected chi connectivity index (χ2v) is 8.17. The van der Waals surface area contributed by atoms with Crippen molar-refractivity contribution in [3.63, 3.8) is 0 Å². The predicted octanol–water partition coefficient (Wildman–Crippen LogP) is 4.61. The molecule has 0 bridgehead atoms. The van der Waals surface area contributed by atoms with Crippen molar-refractivity contribution in [3.05, 3.63) is 76.9 Å². The van der Waals surface area contributed by atoms with Crippen molar-refractivity contribution in [3.8, 4) is 0 Å². The summed E-state index contributed by atoms with van der Waals surface area (Å²) in [5, 5.41) is 4.08. The number of likely N-dealkylation sites (tertiary alicyclic amines) is 1. The molecule has 0 saturated carbocycles. The summed E-state index contributed by atoms with van der Waals surface area (Å²) >= 11 is 0. The molecule has 6 heteroatoms. The number of hydrogen-bond donors (Lipinski definition) is 0. The summed E-state index contributed by atoms with van der Waals surface area (Å²) in [5.41, 5.74) is 5.31. The summed E-state index contributed by atoms with van der Waals surface area (Å²) in [4.78, 5) is 31.6. The van der Waals surface area contributed by atoms with Gasteiger partial charge in [-0.2, -0.15) is 0 Å². The van der Waals surface area contributed by atoms with Crippen LogP contribution in [0.3, 0.4) is 0 Å². The van der Waals surface area contributed by atoms with E-state index in [9.17, 15) is 9.59 Å². The summed E-state index contributed by atoms with van der Waals surface area (Å²) < 4.78 is 5.40. The largest absolute Gasteiger partial charge is 0.445 e. The number of allylic oxidation sites excluding steroid dienone is 1. The molecule has 0 atom stereocenters. The molecule has 166 valence electrons. The van der Waals surface area contributed by atoms with Gasteiger partial charge in [-0.15, -0.1) is 0 Å². The molecule has 6 nitrogen and oxygen atoms in total. The molecule has 1 saturated heterocycles. The van der Waals surface area contributed by atoms with E-state index in [4.69, 9.17) is 9.57 Å². The highest BCUT2D eigenvalue weighted by molar-refractivity contribution is 6.04. The zero-order chi connectivity index (χ0) is 22.3. The minimum Gasteiger partial charge on any atom is -0.445 e. The highest BCUT2D eigenvalue weighted by atomic mass is 16.6. The van der Waals surface area contributed by atoms with Gasteiger partial charge in [-0.25, -0.2) is 4.79 Å². The summed E-state index contributed by atoms with van der Waals surface area (Å²) in [5.74, 6) is 0.0590. The molecular formula is C26H28N2O4. The van der Waals surface area contributed by atoms with E-state index in [1.807, 2.05) is 48.5 Å². The SMILES string of the molecule is CON=C1CCc2cc(/C=C/C(=O)C3CCN(C(=O)OCc4ccccc4)CC3)ccc21. The van der Waals surface area contributed by atoms with Crippen LogP contribution in [0.25, 0.3) is 6.08 Å². The van der Waals surface area contributed by atoms with E-state index in [0.29, 0.717) is 25.9 Å². The first-order valence-corrected chi connectivity index (χ1v) is 11.0. The molecule has 0 radical (unpaired) electrons. The number of aryl methyl sites for hydroxylation is 1. The molecule has 1 amide bonds. The van der Waals surface area contributed by atoms with Crippen LogP contribution in [-0.4, -0.2) is 42.7 Å². The number of hydrogen-bond acceptors (Lipinski definition) is 5. The normalized spacial score (nSPS) is 17.5. The van der Waals surface area contributed by atoms with E-state index in [0.717, 1.165) is 35.2 Å². The van der Waals surface area contributed by atoms with E-state index < -0.39 is 0 Å². The standard InChI is InChI=1S/C26H28N2O4/c1-31-27-24-11-9-22-17-19(7-10-23(22)24)8-12-25(29)21-13-15-28(16-14-21)26(30)32-18-20-5-3-2-4-6-20/h2-8,10,12,17,21H,9,11,13-16,18H2,1H3/b12-8+,27-24?. The van der Waals surface area contributed by atoms with Gasteiger partial charge >= 0.3 is 6.09 Å². The molecular weight excluding hydrogens is 404 g/mol. The van der Waals surface area contributed by atoms with Crippen LogP contribution in [0.15, 0.2) is 59.8 Å². The Balaban J connectivity index is 1.26. The first-order valence-electron chi connectivity index (χ1n) is 11.0. The van der Waals surface area contributed by atoms with E-state index in [2.05, 4.69) is 11.2 Å². The van der Waals surface area contributed by atoms with Gasteiger partial charge in [-0.3, -0.25) is 4.79 Å². The quantitative estimate of drug-likeness (QED) is 0.494. The van der Waals surface area contributed by atoms with Crippen molar-refractivity contribution in [2.45, 2.75) is 32.3 Å². The van der Waals surface area contributed by atoms with Gasteiger partial charge in [0.05, 0.1) is 5.71 Å². The first kappa shape index (κ1) is 21.8. The van der Waals surface area contributed by atoms with Gasteiger partial charge < -0.3 is 14.5 Å². The van der Waals surface area contributed by atoms with Crippen molar-refractivity contribution in [2.75, 3.05) is 20.2 Å². The molecule has 4 rings (SSSR count). The number of rotatable bonds is 6. The van der Waals surface area contributed by atoms with Gasteiger partial charge in [0, 0.05) is 24.6 Å². The highest BCUT2D eigenvalue weighted by Gasteiger charge is 2.27. The molecule has 1 heterocycles. The lowest BCUT2D eigenvalue weighted by Crippen LogP contribution is -2.40. The Hall–Kier alpha value is -3.41. The monoisotopic (exact) mass is 432 g/mol. The van der Waals surface area contributed by atoms with Gasteiger partial charge in [0.15, 0.2) is 5.78 Å². The van der Waals surface area contributed by atoms with Crippen LogP contribution in [0.2, 0.25) is 0 Å². The number of oxime groups is 1. The Morgan fingerprint density at radius 1 is 1.09 bits per heavy atom. The third-order valence-electron chi connectivity index (χ3n) is 6.07. The van der Waals surface area contributed by atoms with Gasteiger partial charge in [0.1, 0.15) is 13.7 Å². The lowest BCUT2D eigenvalue weighted by Gasteiger charge is -2.30. The molecule has 1 aliphatic heterocycles. The Bertz CT molecular complexity index is 1020. The van der Waals surface area contributed by atoms with Crippen molar-refractivity contribution < 1.29 is 19.2 Å². The van der Waals surface area contributed by atoms with Gasteiger partial charge in [-0.1, -0.05) is 59.8 Å². The van der Waals surface area contributed by atoms with Crippen molar-refractivity contribution in [1.29, 1.82) is 0 Å². The van der Waals surface area contributed by atoms with E-state index in [1.54, 1.807) is 18.1 Å². The van der Waals surface area contributed by atoms with Crippen molar-refractivity contribution in [2.24, 2.45) is 11.1 Å². The molecule has 0 unspecified atom stereocenters. The zero-order valence-electron chi connectivity index (χ0n) is 18.3. The summed E-state index contributed by atoms with van der Waals surface area (Å²) in [6.07, 6.45) is 6.37. The maximum atomic E-state index is 12.7. The second kappa shape index (κ2) is 10.3. The van der Waals surface area contributed by atoms with Crippen LogP contribution < -0.4 is 0 Å². The number of benzene rings is 2. The Morgan fingerprint density at radius 3 is 2.62 bits per heavy atom. The minimum atomic E-state index is -0.315. The predicted molar refractivity (Wildman–Crippen MR) is 123 cm³/mol. The Labute approximate surface area is 188 Å². The summed E-state index contributed by atoms with van der Waals surface area (Å²) in [6.45, 7) is 1.34. The Morgan fingerprint density at radius 2 is 1.88 bits per heavy atom. The second-order valence-electron chi connectivity index (χ2n) is 8.17. The van der Waals surface area contributed by atoms with Crippen LogP contribution in [0.4, 0.5) is 4.79 Å². The number of piperidine rings is 1. The third-order valence-corrected chi connectivity index (χ3v) is 6.07. The molecule has 1 fully saturated rings. The fraction of sp³-hybridized carbons (Fsp3) is 0.346. The number of fused-ring (bicyclic) bond motifs is 1. The highest BCUT2D eigenvalue weighted by Crippen LogP contribution is 2.25. The van der Waals surface area contributed by atoms with Crippen LogP contribution in [0.5, 0.6) is 0 Å². The van der Waals surface area contributed by atoms with E-state index >= 15 is 0 Å². The number of amides is 1. The maximum Gasteiger partial charge on any atom is 0.410 e. The molecule has 1 aliphatic carbocycles. The topological polar surface area (TPSA) is 68.2 Å². The van der Waals surface area contributed by atoms with E-state index in [-0.39, 0.29) is 24.4 Å². The summed E-state index contributed by atoms with van der Waals surface area (Å²) in [7, 11) is 1.56. The molecule has 0 N–H and O–H groups in total. The van der Waals surface area contributed by atoms with Gasteiger partial charge in [0.25, 0.3) is 0 Å². The van der Waals surface area contributed by atoms with Crippen LogP contribution in [-0.2, 0) is 27.4 Å². The average Bonchev–Trinajstić information content (AvgIpc) is 3.24. The van der Waals surface area contributed by atoms with Gasteiger partial charge in [-0.05, 0) is 48.4 Å². The number of nitrogens with zero attached hydrogens (tertiary/aromatic N) is 2. The Kier molecular flexibility index (Phi) is 7.00. The number of ketones is 1. The summed E-state index contributed by atoms with van der Waals surface area (Å²) in [6, 6.07) is 15.8. The van der Waals surface area contributed by atoms with E-state index in [1.165, 1.54) is 5.56 Å². The molecule has 2 aromatic rings.